The number of hydrogen-bond acceptors (Lipinski definition) is 7. The molecule has 0 unspecified atom stereocenters. The molecule has 9 heteroatoms. The van der Waals surface area contributed by atoms with Gasteiger partial charge in [0.25, 0.3) is 5.91 Å². The lowest BCUT2D eigenvalue weighted by molar-refractivity contribution is -0.139. The second-order valence-electron chi connectivity index (χ2n) is 6.50. The highest BCUT2D eigenvalue weighted by Gasteiger charge is 2.16. The van der Waals surface area contributed by atoms with Gasteiger partial charge in [-0.05, 0) is 45.0 Å². The number of carbonyl (C=O) groups excluding carboxylic acids is 3. The summed E-state index contributed by atoms with van der Waals surface area (Å²) in [7, 11) is 1.25. The monoisotopic (exact) mass is 391 g/mol. The Morgan fingerprint density at radius 1 is 1.15 bits per heavy atom. The minimum absolute atomic E-state index is 0.215. The van der Waals surface area contributed by atoms with Crippen LogP contribution in [0.5, 0.6) is 0 Å². The van der Waals surface area contributed by atoms with Crippen LogP contribution in [0.1, 0.15) is 31.3 Å². The highest BCUT2D eigenvalue weighted by molar-refractivity contribution is 7.13. The van der Waals surface area contributed by atoms with E-state index in [1.165, 1.54) is 18.4 Å². The third-order valence-electron chi connectivity index (χ3n) is 3.13. The molecule has 8 nitrogen and oxygen atoms in total. The van der Waals surface area contributed by atoms with E-state index >= 15 is 0 Å². The molecular formula is C18H21N3O5S. The van der Waals surface area contributed by atoms with Crippen molar-refractivity contribution < 1.29 is 23.9 Å². The van der Waals surface area contributed by atoms with Crippen LogP contribution in [0.2, 0.25) is 0 Å². The van der Waals surface area contributed by atoms with Crippen molar-refractivity contribution in [3.05, 3.63) is 35.3 Å². The summed E-state index contributed by atoms with van der Waals surface area (Å²) < 4.78 is 9.66. The Hall–Kier alpha value is -2.94. The lowest BCUT2D eigenvalue weighted by Gasteiger charge is -2.19. The average Bonchev–Trinajstić information content (AvgIpc) is 3.08. The maximum absolute atomic E-state index is 12.0. The topological polar surface area (TPSA) is 107 Å². The van der Waals surface area contributed by atoms with E-state index in [2.05, 4.69) is 20.4 Å². The minimum atomic E-state index is -0.574. The zero-order valence-corrected chi connectivity index (χ0v) is 16.3. The van der Waals surface area contributed by atoms with Gasteiger partial charge in [0.15, 0.2) is 0 Å². The number of methoxy groups -OCH3 is 1. The fraction of sp³-hybridized carbons (Fsp3) is 0.333. The summed E-state index contributed by atoms with van der Waals surface area (Å²) in [5.41, 5.74) is 1.02. The fourth-order valence-corrected chi connectivity index (χ4v) is 2.75. The Bertz CT molecular complexity index is 824. The smallest absolute Gasteiger partial charge is 0.412 e. The molecule has 2 aromatic rings. The van der Waals surface area contributed by atoms with Crippen molar-refractivity contribution >= 4 is 35.0 Å². The minimum Gasteiger partial charge on any atom is -0.468 e. The number of rotatable bonds is 5. The van der Waals surface area contributed by atoms with Crippen LogP contribution in [0.3, 0.4) is 0 Å². The Kier molecular flexibility index (Phi) is 6.51. The lowest BCUT2D eigenvalue weighted by atomic mass is 10.2. The Morgan fingerprint density at radius 2 is 1.81 bits per heavy atom. The van der Waals surface area contributed by atoms with E-state index in [0.29, 0.717) is 10.7 Å². The van der Waals surface area contributed by atoms with E-state index in [0.717, 1.165) is 5.56 Å². The highest BCUT2D eigenvalue weighted by Crippen LogP contribution is 2.25. The van der Waals surface area contributed by atoms with Gasteiger partial charge in [-0.3, -0.25) is 14.9 Å². The van der Waals surface area contributed by atoms with Gasteiger partial charge in [-0.1, -0.05) is 0 Å². The molecule has 0 aliphatic rings. The highest BCUT2D eigenvalue weighted by atomic mass is 32.1. The van der Waals surface area contributed by atoms with Crippen LogP contribution in [0.15, 0.2) is 29.6 Å². The average molecular weight is 391 g/mol. The van der Waals surface area contributed by atoms with Crippen LogP contribution in [-0.2, 0) is 14.3 Å². The molecule has 0 bridgehead atoms. The van der Waals surface area contributed by atoms with Gasteiger partial charge in [0.05, 0.1) is 7.11 Å². The summed E-state index contributed by atoms with van der Waals surface area (Å²) in [6, 6.07) is 7.00. The summed E-state index contributed by atoms with van der Waals surface area (Å²) in [4.78, 5) is 39.1. The number of nitrogens with one attached hydrogen (secondary N) is 2. The van der Waals surface area contributed by atoms with Gasteiger partial charge < -0.3 is 14.8 Å². The number of hydrogen-bond donors (Lipinski definition) is 2. The van der Waals surface area contributed by atoms with Gasteiger partial charge in [0.1, 0.15) is 22.8 Å². The van der Waals surface area contributed by atoms with Crippen LogP contribution in [0.25, 0.3) is 10.6 Å². The van der Waals surface area contributed by atoms with Gasteiger partial charge in [-0.25, -0.2) is 9.78 Å². The molecule has 2 amide bonds. The van der Waals surface area contributed by atoms with Crippen molar-refractivity contribution in [3.63, 3.8) is 0 Å². The number of benzene rings is 1. The molecule has 0 aliphatic heterocycles. The predicted octanol–water partition coefficient (Wildman–Crippen LogP) is 3.06. The molecule has 0 fully saturated rings. The molecule has 0 spiro atoms. The van der Waals surface area contributed by atoms with Gasteiger partial charge >= 0.3 is 12.1 Å². The van der Waals surface area contributed by atoms with Crippen molar-refractivity contribution in [2.75, 3.05) is 19.0 Å². The maximum Gasteiger partial charge on any atom is 0.412 e. The van der Waals surface area contributed by atoms with Gasteiger partial charge in [0.2, 0.25) is 0 Å². The molecule has 2 N–H and O–H groups in total. The Morgan fingerprint density at radius 3 is 2.41 bits per heavy atom. The normalized spacial score (nSPS) is 10.8. The standard InChI is InChI=1S/C18H21N3O5S/c1-18(2,3)26-17(24)20-12-7-5-11(6-8-12)16-21-13(10-27-16)15(23)19-9-14(22)25-4/h5-8,10H,9H2,1-4H3,(H,19,23)(H,20,24). The van der Waals surface area contributed by atoms with Crippen LogP contribution in [0, 0.1) is 0 Å². The van der Waals surface area contributed by atoms with Gasteiger partial charge in [-0.15, -0.1) is 11.3 Å². The predicted molar refractivity (Wildman–Crippen MR) is 102 cm³/mol. The van der Waals surface area contributed by atoms with Crippen molar-refractivity contribution in [1.82, 2.24) is 10.3 Å². The third kappa shape index (κ3) is 6.37. The number of aromatic nitrogens is 1. The number of nitrogens with zero attached hydrogens (tertiary/aromatic N) is 1. The summed E-state index contributed by atoms with van der Waals surface area (Å²) in [6.45, 7) is 5.15. The summed E-state index contributed by atoms with van der Waals surface area (Å²) in [5, 5.41) is 7.33. The first-order valence-electron chi connectivity index (χ1n) is 8.09. The summed E-state index contributed by atoms with van der Waals surface area (Å²) >= 11 is 1.30. The number of anilines is 1. The lowest BCUT2D eigenvalue weighted by Crippen LogP contribution is -2.30. The molecule has 0 saturated carbocycles. The molecule has 2 rings (SSSR count). The quantitative estimate of drug-likeness (QED) is 0.759. The van der Waals surface area contributed by atoms with Crippen LogP contribution in [-0.4, -0.2) is 42.2 Å². The van der Waals surface area contributed by atoms with E-state index in [1.807, 2.05) is 0 Å². The zero-order valence-electron chi connectivity index (χ0n) is 15.5. The van der Waals surface area contributed by atoms with E-state index in [-0.39, 0.29) is 12.2 Å². The molecule has 0 radical (unpaired) electrons. The van der Waals surface area contributed by atoms with Crippen molar-refractivity contribution in [2.24, 2.45) is 0 Å². The second-order valence-corrected chi connectivity index (χ2v) is 7.36. The molecule has 0 saturated heterocycles. The largest absolute Gasteiger partial charge is 0.468 e. The maximum atomic E-state index is 12.0. The second kappa shape index (κ2) is 8.63. The third-order valence-corrected chi connectivity index (χ3v) is 4.03. The molecule has 0 aliphatic carbocycles. The first-order chi connectivity index (χ1) is 12.7. The molecule has 1 aromatic heterocycles. The molecule has 1 heterocycles. The van der Waals surface area contributed by atoms with Crippen LogP contribution < -0.4 is 10.6 Å². The van der Waals surface area contributed by atoms with Crippen molar-refractivity contribution in [3.8, 4) is 10.6 Å². The van der Waals surface area contributed by atoms with Crippen LogP contribution in [0.4, 0.5) is 10.5 Å². The number of esters is 1. The number of amides is 2. The molecular weight excluding hydrogens is 370 g/mol. The molecule has 144 valence electrons. The SMILES string of the molecule is COC(=O)CNC(=O)c1csc(-c2ccc(NC(=O)OC(C)(C)C)cc2)n1. The zero-order chi connectivity index (χ0) is 20.0. The summed E-state index contributed by atoms with van der Waals surface area (Å²) in [5.74, 6) is -0.988. The summed E-state index contributed by atoms with van der Waals surface area (Å²) in [6.07, 6.45) is -0.533. The number of thiazole rings is 1. The molecule has 1 aromatic carbocycles. The first kappa shape index (κ1) is 20.4. The van der Waals surface area contributed by atoms with E-state index in [4.69, 9.17) is 4.74 Å². The molecule has 0 atom stereocenters. The number of ether oxygens (including phenoxy) is 2. The molecule has 27 heavy (non-hydrogen) atoms. The van der Waals surface area contributed by atoms with E-state index in [9.17, 15) is 14.4 Å². The number of carbonyl (C=O) groups is 3. The van der Waals surface area contributed by atoms with Crippen LogP contribution >= 0.6 is 11.3 Å². The van der Waals surface area contributed by atoms with Crippen molar-refractivity contribution in [1.29, 1.82) is 0 Å². The first-order valence-corrected chi connectivity index (χ1v) is 8.97. The van der Waals surface area contributed by atoms with E-state index in [1.54, 1.807) is 50.4 Å². The van der Waals surface area contributed by atoms with E-state index < -0.39 is 23.6 Å². The van der Waals surface area contributed by atoms with Crippen molar-refractivity contribution in [2.45, 2.75) is 26.4 Å². The van der Waals surface area contributed by atoms with Gasteiger partial charge in [0, 0.05) is 16.6 Å². The Labute approximate surface area is 160 Å². The van der Waals surface area contributed by atoms with Gasteiger partial charge in [-0.2, -0.15) is 0 Å². The Balaban J connectivity index is 1.99. The fourth-order valence-electron chi connectivity index (χ4n) is 1.94.